The van der Waals surface area contributed by atoms with Gasteiger partial charge in [0.1, 0.15) is 0 Å². The quantitative estimate of drug-likeness (QED) is 0.464. The van der Waals surface area contributed by atoms with E-state index in [1.807, 2.05) is 51.1 Å². The average molecular weight is 230 g/mol. The highest BCUT2D eigenvalue weighted by molar-refractivity contribution is 5.81. The van der Waals surface area contributed by atoms with Gasteiger partial charge in [-0.05, 0) is 26.3 Å². The smallest absolute Gasteiger partial charge is 0.209 e. The molecule has 0 fully saturated rings. The second-order valence-corrected chi connectivity index (χ2v) is 4.77. The minimum absolute atomic E-state index is 0.126. The number of nitrogens with zero attached hydrogens (tertiary/aromatic N) is 2. The number of aliphatic imine (C=N–C) groups is 1. The Kier molecular flexibility index (Phi) is 4.53. The van der Waals surface area contributed by atoms with Crippen LogP contribution in [0.4, 0.5) is 0 Å². The van der Waals surface area contributed by atoms with Crippen LogP contribution in [0.1, 0.15) is 26.3 Å². The molecule has 0 aromatic heterocycles. The molecule has 0 aliphatic rings. The Morgan fingerprint density at radius 2 is 1.94 bits per heavy atom. The molecule has 0 radical (unpaired) electrons. The first kappa shape index (κ1) is 13.0. The summed E-state index contributed by atoms with van der Waals surface area (Å²) < 4.78 is 0. The van der Waals surface area contributed by atoms with Crippen LogP contribution in [0, 0.1) is 11.5 Å². The molecular formula is C13H18N4. The highest BCUT2D eigenvalue weighted by atomic mass is 15.2. The van der Waals surface area contributed by atoms with E-state index < -0.39 is 0 Å². The van der Waals surface area contributed by atoms with Crippen LogP contribution in [0.15, 0.2) is 35.3 Å². The van der Waals surface area contributed by atoms with Crippen LogP contribution in [0.2, 0.25) is 0 Å². The van der Waals surface area contributed by atoms with E-state index in [-0.39, 0.29) is 5.54 Å². The third kappa shape index (κ3) is 5.57. The van der Waals surface area contributed by atoms with Gasteiger partial charge in [0, 0.05) is 12.1 Å². The number of guanidine groups is 1. The van der Waals surface area contributed by atoms with Crippen LogP contribution in [0.3, 0.4) is 0 Å². The van der Waals surface area contributed by atoms with Crippen molar-refractivity contribution in [1.29, 1.82) is 5.26 Å². The van der Waals surface area contributed by atoms with E-state index >= 15 is 0 Å². The summed E-state index contributed by atoms with van der Waals surface area (Å²) in [4.78, 5) is 3.72. The molecule has 0 saturated heterocycles. The van der Waals surface area contributed by atoms with Crippen molar-refractivity contribution in [3.8, 4) is 6.19 Å². The van der Waals surface area contributed by atoms with Crippen LogP contribution >= 0.6 is 0 Å². The van der Waals surface area contributed by atoms with Gasteiger partial charge < -0.3 is 10.6 Å². The largest absolute Gasteiger partial charge is 0.351 e. The van der Waals surface area contributed by atoms with Crippen molar-refractivity contribution in [3.05, 3.63) is 35.9 Å². The van der Waals surface area contributed by atoms with E-state index in [2.05, 4.69) is 15.6 Å². The Morgan fingerprint density at radius 1 is 1.29 bits per heavy atom. The average Bonchev–Trinajstić information content (AvgIpc) is 2.26. The molecule has 0 atom stereocenters. The Labute approximate surface area is 102 Å². The van der Waals surface area contributed by atoms with Gasteiger partial charge in [0.25, 0.3) is 0 Å². The summed E-state index contributed by atoms with van der Waals surface area (Å²) in [5.74, 6) is 0.504. The maximum Gasteiger partial charge on any atom is 0.209 e. The molecule has 2 N–H and O–H groups in total. The second kappa shape index (κ2) is 5.90. The second-order valence-electron chi connectivity index (χ2n) is 4.77. The zero-order valence-electron chi connectivity index (χ0n) is 10.5. The predicted molar refractivity (Wildman–Crippen MR) is 69.2 cm³/mol. The van der Waals surface area contributed by atoms with E-state index in [1.54, 1.807) is 6.19 Å². The van der Waals surface area contributed by atoms with Crippen molar-refractivity contribution in [1.82, 2.24) is 10.6 Å². The summed E-state index contributed by atoms with van der Waals surface area (Å²) in [6.07, 6.45) is 1.79. The Morgan fingerprint density at radius 3 is 2.47 bits per heavy atom. The first-order valence-corrected chi connectivity index (χ1v) is 5.54. The SMILES string of the molecule is CC(C)(C)N/C(=N/C#N)NCc1ccccc1. The molecule has 0 heterocycles. The van der Waals surface area contributed by atoms with Crippen molar-refractivity contribution in [2.24, 2.45) is 4.99 Å². The van der Waals surface area contributed by atoms with Crippen molar-refractivity contribution in [2.75, 3.05) is 0 Å². The fourth-order valence-corrected chi connectivity index (χ4v) is 1.30. The molecule has 90 valence electrons. The number of hydrogen-bond acceptors (Lipinski definition) is 2. The standard InChI is InChI=1S/C13H18N4/c1-13(2,3)17-12(16-10-14)15-9-11-7-5-4-6-8-11/h4-8H,9H2,1-3H3,(H2,15,16,17). The predicted octanol–water partition coefficient (Wildman–Crippen LogP) is 2.00. The normalized spacial score (nSPS) is 11.8. The van der Waals surface area contributed by atoms with E-state index in [0.717, 1.165) is 5.56 Å². The maximum absolute atomic E-state index is 8.61. The molecule has 0 amide bonds. The van der Waals surface area contributed by atoms with Gasteiger partial charge in [-0.25, -0.2) is 0 Å². The molecular weight excluding hydrogens is 212 g/mol. The van der Waals surface area contributed by atoms with E-state index in [0.29, 0.717) is 12.5 Å². The molecule has 0 aliphatic heterocycles. The van der Waals surface area contributed by atoms with Gasteiger partial charge in [-0.15, -0.1) is 4.99 Å². The van der Waals surface area contributed by atoms with Gasteiger partial charge >= 0.3 is 0 Å². The van der Waals surface area contributed by atoms with Crippen LogP contribution in [0.5, 0.6) is 0 Å². The van der Waals surface area contributed by atoms with Crippen molar-refractivity contribution in [2.45, 2.75) is 32.9 Å². The Hall–Kier alpha value is -2.02. The van der Waals surface area contributed by atoms with Crippen LogP contribution in [-0.2, 0) is 6.54 Å². The number of nitrogens with one attached hydrogen (secondary N) is 2. The van der Waals surface area contributed by atoms with E-state index in [4.69, 9.17) is 5.26 Å². The lowest BCUT2D eigenvalue weighted by Gasteiger charge is -2.23. The number of hydrogen-bond donors (Lipinski definition) is 2. The van der Waals surface area contributed by atoms with Gasteiger partial charge in [-0.2, -0.15) is 5.26 Å². The van der Waals surface area contributed by atoms with Crippen LogP contribution in [0.25, 0.3) is 0 Å². The molecule has 4 heteroatoms. The van der Waals surface area contributed by atoms with Crippen LogP contribution < -0.4 is 10.6 Å². The molecule has 1 rings (SSSR count). The summed E-state index contributed by atoms with van der Waals surface area (Å²) in [6.45, 7) is 6.70. The van der Waals surface area contributed by atoms with Gasteiger partial charge in [0.05, 0.1) is 0 Å². The molecule has 0 unspecified atom stereocenters. The lowest BCUT2D eigenvalue weighted by atomic mass is 10.1. The van der Waals surface area contributed by atoms with E-state index in [1.165, 1.54) is 0 Å². The van der Waals surface area contributed by atoms with E-state index in [9.17, 15) is 0 Å². The summed E-state index contributed by atoms with van der Waals surface area (Å²) in [5.41, 5.74) is 1.02. The third-order valence-electron chi connectivity index (χ3n) is 1.96. The first-order valence-electron chi connectivity index (χ1n) is 5.54. The van der Waals surface area contributed by atoms with Gasteiger partial charge in [0.15, 0.2) is 0 Å². The lowest BCUT2D eigenvalue weighted by molar-refractivity contribution is 0.502. The molecule has 0 saturated carbocycles. The summed E-state index contributed by atoms with van der Waals surface area (Å²) in [6, 6.07) is 9.98. The Bertz CT molecular complexity index is 409. The van der Waals surface area contributed by atoms with Gasteiger partial charge in [-0.1, -0.05) is 30.3 Å². The Balaban J connectivity index is 2.58. The number of benzene rings is 1. The molecule has 4 nitrogen and oxygen atoms in total. The van der Waals surface area contributed by atoms with Crippen LogP contribution in [-0.4, -0.2) is 11.5 Å². The third-order valence-corrected chi connectivity index (χ3v) is 1.96. The summed E-state index contributed by atoms with van der Waals surface area (Å²) in [7, 11) is 0. The highest BCUT2D eigenvalue weighted by Gasteiger charge is 2.11. The zero-order valence-corrected chi connectivity index (χ0v) is 10.5. The summed E-state index contributed by atoms with van der Waals surface area (Å²) >= 11 is 0. The van der Waals surface area contributed by atoms with Crippen molar-refractivity contribution >= 4 is 5.96 Å². The van der Waals surface area contributed by atoms with Crippen molar-refractivity contribution in [3.63, 3.8) is 0 Å². The minimum atomic E-state index is -0.126. The molecule has 0 spiro atoms. The zero-order chi connectivity index (χ0) is 12.7. The monoisotopic (exact) mass is 230 g/mol. The fraction of sp³-hybridized carbons (Fsp3) is 0.385. The minimum Gasteiger partial charge on any atom is -0.351 e. The van der Waals surface area contributed by atoms with Gasteiger partial charge in [0.2, 0.25) is 12.2 Å². The lowest BCUT2D eigenvalue weighted by Crippen LogP contribution is -2.47. The summed E-state index contributed by atoms with van der Waals surface area (Å²) in [5, 5.41) is 14.9. The molecule has 1 aromatic rings. The number of rotatable bonds is 2. The molecule has 0 bridgehead atoms. The number of nitriles is 1. The fourth-order valence-electron chi connectivity index (χ4n) is 1.30. The topological polar surface area (TPSA) is 60.2 Å². The first-order chi connectivity index (χ1) is 8.01. The molecule has 1 aromatic carbocycles. The maximum atomic E-state index is 8.61. The molecule has 17 heavy (non-hydrogen) atoms. The van der Waals surface area contributed by atoms with Gasteiger partial charge in [-0.3, -0.25) is 0 Å². The van der Waals surface area contributed by atoms with Crippen molar-refractivity contribution < 1.29 is 0 Å². The highest BCUT2D eigenvalue weighted by Crippen LogP contribution is 2.00. The molecule has 0 aliphatic carbocycles.